The van der Waals surface area contributed by atoms with E-state index < -0.39 is 11.6 Å². The van der Waals surface area contributed by atoms with E-state index in [-0.39, 0.29) is 17.6 Å². The van der Waals surface area contributed by atoms with Gasteiger partial charge in [0.2, 0.25) is 5.91 Å². The van der Waals surface area contributed by atoms with E-state index in [0.29, 0.717) is 34.1 Å². The molecule has 2 aromatic carbocycles. The minimum Gasteiger partial charge on any atom is -0.349 e. The third-order valence-electron chi connectivity index (χ3n) is 5.91. The molecule has 5 aromatic rings. The second kappa shape index (κ2) is 11.0. The molecule has 3 heterocycles. The first-order valence-electron chi connectivity index (χ1n) is 11.6. The number of rotatable bonds is 8. The molecule has 10 nitrogen and oxygen atoms in total. The molecule has 1 atom stereocenters. The number of carbonyl (C=O) groups excluding carboxylic acids is 1. The Morgan fingerprint density at radius 3 is 2.58 bits per heavy atom. The van der Waals surface area contributed by atoms with Crippen LogP contribution >= 0.6 is 23.2 Å². The summed E-state index contributed by atoms with van der Waals surface area (Å²) in [5, 5.41) is 15.7. The Kier molecular flexibility index (Phi) is 7.34. The summed E-state index contributed by atoms with van der Waals surface area (Å²) in [6.45, 7) is 0.234. The first kappa shape index (κ1) is 25.4. The maximum absolute atomic E-state index is 13.4. The molecule has 38 heavy (non-hydrogen) atoms. The molecular formula is C26H22Cl2N8O2. The predicted octanol–water partition coefficient (Wildman–Crippen LogP) is 3.63. The van der Waals surface area contributed by atoms with Crippen LogP contribution in [0.4, 0.5) is 0 Å². The molecule has 0 aliphatic rings. The van der Waals surface area contributed by atoms with Crippen molar-refractivity contribution in [3.05, 3.63) is 111 Å². The second-order valence-electron chi connectivity index (χ2n) is 8.57. The third-order valence-corrected chi connectivity index (χ3v) is 6.31. The molecule has 0 aliphatic carbocycles. The zero-order chi connectivity index (χ0) is 26.6. The molecule has 3 aromatic heterocycles. The first-order valence-corrected chi connectivity index (χ1v) is 12.4. The van der Waals surface area contributed by atoms with Gasteiger partial charge in [0.25, 0.3) is 5.56 Å². The fourth-order valence-electron chi connectivity index (χ4n) is 4.07. The van der Waals surface area contributed by atoms with Crippen LogP contribution in [0.15, 0.2) is 84.2 Å². The van der Waals surface area contributed by atoms with E-state index in [1.165, 1.54) is 27.8 Å². The Labute approximate surface area is 227 Å². The number of hydrogen-bond donors (Lipinski definition) is 1. The molecule has 0 radical (unpaired) electrons. The normalized spacial score (nSPS) is 11.9. The summed E-state index contributed by atoms with van der Waals surface area (Å²) in [5.41, 5.74) is 2.73. The topological polar surface area (TPSA) is 113 Å². The van der Waals surface area contributed by atoms with Crippen LogP contribution in [-0.2, 0) is 24.8 Å². The van der Waals surface area contributed by atoms with E-state index in [2.05, 4.69) is 25.7 Å². The summed E-state index contributed by atoms with van der Waals surface area (Å²) < 4.78 is 4.47. The summed E-state index contributed by atoms with van der Waals surface area (Å²) in [7, 11) is 1.80. The molecule has 5 rings (SSSR count). The van der Waals surface area contributed by atoms with Gasteiger partial charge in [-0.3, -0.25) is 18.8 Å². The van der Waals surface area contributed by atoms with Crippen molar-refractivity contribution in [2.24, 2.45) is 7.05 Å². The maximum atomic E-state index is 13.4. The van der Waals surface area contributed by atoms with Gasteiger partial charge in [0.05, 0.1) is 36.1 Å². The SMILES string of the molecule is Cn1ccc(CNC(=O)C(Cc2ccccc2)n2cnc(-c3cc(Cl)ccc3-n3cc(Cl)nn3)cc2=O)n1. The zero-order valence-electron chi connectivity index (χ0n) is 20.2. The van der Waals surface area contributed by atoms with Gasteiger partial charge in [-0.15, -0.1) is 5.10 Å². The number of nitrogens with zero attached hydrogens (tertiary/aromatic N) is 7. The summed E-state index contributed by atoms with van der Waals surface area (Å²) in [4.78, 5) is 31.3. The molecule has 0 spiro atoms. The van der Waals surface area contributed by atoms with Crippen LogP contribution in [0.1, 0.15) is 17.3 Å². The lowest BCUT2D eigenvalue weighted by Crippen LogP contribution is -2.38. The van der Waals surface area contributed by atoms with Crippen LogP contribution in [0.3, 0.4) is 0 Å². The smallest absolute Gasteiger partial charge is 0.254 e. The Balaban J connectivity index is 1.49. The molecule has 1 unspecified atom stereocenters. The van der Waals surface area contributed by atoms with Crippen molar-refractivity contribution in [3.63, 3.8) is 0 Å². The largest absolute Gasteiger partial charge is 0.349 e. The van der Waals surface area contributed by atoms with Crippen LogP contribution < -0.4 is 10.9 Å². The van der Waals surface area contributed by atoms with Crippen LogP contribution in [0, 0.1) is 0 Å². The number of carbonyl (C=O) groups is 1. The summed E-state index contributed by atoms with van der Waals surface area (Å²) in [6.07, 6.45) is 5.02. The molecule has 0 saturated heterocycles. The van der Waals surface area contributed by atoms with E-state index in [1.807, 2.05) is 36.4 Å². The Morgan fingerprint density at radius 2 is 1.89 bits per heavy atom. The minimum absolute atomic E-state index is 0.217. The van der Waals surface area contributed by atoms with Crippen molar-refractivity contribution in [1.82, 2.24) is 39.6 Å². The molecule has 0 bridgehead atoms. The number of amides is 1. The number of halogens is 2. The van der Waals surface area contributed by atoms with Gasteiger partial charge in [0.1, 0.15) is 6.04 Å². The van der Waals surface area contributed by atoms with Gasteiger partial charge in [-0.1, -0.05) is 58.7 Å². The predicted molar refractivity (Wildman–Crippen MR) is 143 cm³/mol. The van der Waals surface area contributed by atoms with E-state index in [4.69, 9.17) is 23.2 Å². The molecule has 0 saturated carbocycles. The van der Waals surface area contributed by atoms with Gasteiger partial charge in [-0.2, -0.15) is 5.10 Å². The van der Waals surface area contributed by atoms with Crippen molar-refractivity contribution < 1.29 is 4.79 Å². The van der Waals surface area contributed by atoms with E-state index in [9.17, 15) is 9.59 Å². The number of nitrogens with one attached hydrogen (secondary N) is 1. The maximum Gasteiger partial charge on any atom is 0.254 e. The van der Waals surface area contributed by atoms with E-state index in [1.54, 1.807) is 36.1 Å². The quantitative estimate of drug-likeness (QED) is 0.317. The molecule has 12 heteroatoms. The number of benzene rings is 2. The highest BCUT2D eigenvalue weighted by atomic mass is 35.5. The average molecular weight is 549 g/mol. The van der Waals surface area contributed by atoms with Gasteiger partial charge in [0.15, 0.2) is 5.15 Å². The highest BCUT2D eigenvalue weighted by molar-refractivity contribution is 6.31. The molecule has 0 fully saturated rings. The van der Waals surface area contributed by atoms with Crippen LogP contribution in [0.5, 0.6) is 0 Å². The molecule has 1 N–H and O–H groups in total. The zero-order valence-corrected chi connectivity index (χ0v) is 21.7. The average Bonchev–Trinajstić information content (AvgIpc) is 3.54. The van der Waals surface area contributed by atoms with Crippen molar-refractivity contribution in [2.45, 2.75) is 19.0 Å². The lowest BCUT2D eigenvalue weighted by molar-refractivity contribution is -0.124. The third kappa shape index (κ3) is 5.66. The fraction of sp³-hybridized carbons (Fsp3) is 0.154. The van der Waals surface area contributed by atoms with Gasteiger partial charge >= 0.3 is 0 Å². The summed E-state index contributed by atoms with van der Waals surface area (Å²) in [5.74, 6) is -0.322. The van der Waals surface area contributed by atoms with E-state index in [0.717, 1.165) is 5.56 Å². The van der Waals surface area contributed by atoms with Crippen molar-refractivity contribution in [2.75, 3.05) is 0 Å². The van der Waals surface area contributed by atoms with Gasteiger partial charge < -0.3 is 5.32 Å². The second-order valence-corrected chi connectivity index (χ2v) is 9.39. The highest BCUT2D eigenvalue weighted by Crippen LogP contribution is 2.28. The molecular weight excluding hydrogens is 527 g/mol. The Hall–Kier alpha value is -4.28. The van der Waals surface area contributed by atoms with Crippen LogP contribution in [0.2, 0.25) is 10.2 Å². The molecule has 0 aliphatic heterocycles. The summed E-state index contributed by atoms with van der Waals surface area (Å²) >= 11 is 12.2. The Morgan fingerprint density at radius 1 is 1.08 bits per heavy atom. The number of aromatic nitrogens is 7. The van der Waals surface area contributed by atoms with Crippen molar-refractivity contribution in [3.8, 4) is 16.9 Å². The summed E-state index contributed by atoms with van der Waals surface area (Å²) in [6, 6.07) is 17.0. The molecule has 192 valence electrons. The fourth-order valence-corrected chi connectivity index (χ4v) is 4.37. The standard InChI is InChI=1S/C26H22Cl2N8O2/c1-34-10-9-19(32-34)14-29-26(38)23(11-17-5-3-2-4-6-17)35-16-30-21(13-25(35)37)20-12-18(27)7-8-22(20)36-15-24(28)31-33-36/h2-10,12-13,15-16,23H,11,14H2,1H3,(H,29,38). The number of hydrogen-bond acceptors (Lipinski definition) is 6. The molecule has 1 amide bonds. The van der Waals surface area contributed by atoms with Gasteiger partial charge in [0, 0.05) is 36.3 Å². The highest BCUT2D eigenvalue weighted by Gasteiger charge is 2.23. The lowest BCUT2D eigenvalue weighted by Gasteiger charge is -2.19. The van der Waals surface area contributed by atoms with Gasteiger partial charge in [-0.25, -0.2) is 9.67 Å². The van der Waals surface area contributed by atoms with Crippen LogP contribution in [-0.4, -0.2) is 40.2 Å². The number of aryl methyl sites for hydroxylation is 1. The lowest BCUT2D eigenvalue weighted by atomic mass is 10.0. The van der Waals surface area contributed by atoms with Crippen molar-refractivity contribution in [1.29, 1.82) is 0 Å². The van der Waals surface area contributed by atoms with Crippen LogP contribution in [0.25, 0.3) is 16.9 Å². The Bertz CT molecular complexity index is 1640. The van der Waals surface area contributed by atoms with Gasteiger partial charge in [-0.05, 0) is 29.8 Å². The minimum atomic E-state index is -0.830. The van der Waals surface area contributed by atoms with E-state index >= 15 is 0 Å². The first-order chi connectivity index (χ1) is 18.4. The van der Waals surface area contributed by atoms with Crippen molar-refractivity contribution >= 4 is 29.1 Å². The monoisotopic (exact) mass is 548 g/mol.